The van der Waals surface area contributed by atoms with Crippen molar-refractivity contribution in [3.05, 3.63) is 22.3 Å². The highest BCUT2D eigenvalue weighted by molar-refractivity contribution is 9.10. The van der Waals surface area contributed by atoms with Crippen LogP contribution in [0.2, 0.25) is 0 Å². The predicted molar refractivity (Wildman–Crippen MR) is 73.8 cm³/mol. The molecular weight excluding hydrogens is 351 g/mol. The number of alkyl halides is 3. The van der Waals surface area contributed by atoms with Crippen LogP contribution in [0.3, 0.4) is 0 Å². The Labute approximate surface area is 127 Å². The monoisotopic (exact) mass is 363 g/mol. The summed E-state index contributed by atoms with van der Waals surface area (Å²) in [6, 6.07) is 1.28. The third-order valence-corrected chi connectivity index (χ3v) is 4.05. The fourth-order valence-corrected chi connectivity index (χ4v) is 2.59. The van der Waals surface area contributed by atoms with Crippen molar-refractivity contribution in [2.45, 2.75) is 25.1 Å². The number of nitrogens with zero attached hydrogens (tertiary/aromatic N) is 2. The molecule has 21 heavy (non-hydrogen) atoms. The molecule has 8 heteroatoms. The van der Waals surface area contributed by atoms with Crippen molar-refractivity contribution >= 4 is 27.7 Å². The molecule has 1 saturated heterocycles. The molecule has 114 valence electrons. The summed E-state index contributed by atoms with van der Waals surface area (Å²) in [5.41, 5.74) is -0.780. The average Bonchev–Trinajstić information content (AvgIpc) is 3.11. The quantitative estimate of drug-likeness (QED) is 0.897. The van der Waals surface area contributed by atoms with Crippen LogP contribution < -0.4 is 10.2 Å². The van der Waals surface area contributed by atoms with Gasteiger partial charge in [0.25, 0.3) is 0 Å². The maximum Gasteiger partial charge on any atom is 0.419 e. The Kier molecular flexibility index (Phi) is 3.59. The second kappa shape index (κ2) is 5.15. The number of carbonyl (C=O) groups excluding carboxylic acids is 1. The minimum absolute atomic E-state index is 0.0700. The highest BCUT2D eigenvalue weighted by Gasteiger charge is 2.41. The number of anilines is 1. The molecule has 1 aliphatic heterocycles. The SMILES string of the molecule is O=C(NC1CC1)C1CN(c2ncc(Br)cc2C(F)(F)F)C1. The first-order valence-corrected chi connectivity index (χ1v) is 7.42. The number of halogens is 4. The highest BCUT2D eigenvalue weighted by Crippen LogP contribution is 2.38. The summed E-state index contributed by atoms with van der Waals surface area (Å²) >= 11 is 3.00. The molecule has 2 fully saturated rings. The molecule has 0 bridgehead atoms. The van der Waals surface area contributed by atoms with Gasteiger partial charge in [0.15, 0.2) is 0 Å². The van der Waals surface area contributed by atoms with E-state index in [0.717, 1.165) is 18.9 Å². The third-order valence-electron chi connectivity index (χ3n) is 3.61. The van der Waals surface area contributed by atoms with E-state index < -0.39 is 11.7 Å². The van der Waals surface area contributed by atoms with E-state index in [1.165, 1.54) is 11.1 Å². The molecule has 2 aliphatic rings. The summed E-state index contributed by atoms with van der Waals surface area (Å²) in [5.74, 6) is -0.433. The summed E-state index contributed by atoms with van der Waals surface area (Å²) in [5, 5.41) is 2.87. The lowest BCUT2D eigenvalue weighted by atomic mass is 9.98. The number of amides is 1. The van der Waals surface area contributed by atoms with Gasteiger partial charge in [-0.15, -0.1) is 0 Å². The molecule has 0 radical (unpaired) electrons. The van der Waals surface area contributed by atoms with Gasteiger partial charge < -0.3 is 10.2 Å². The third kappa shape index (κ3) is 3.14. The summed E-state index contributed by atoms with van der Waals surface area (Å²) < 4.78 is 39.3. The van der Waals surface area contributed by atoms with Gasteiger partial charge in [-0.1, -0.05) is 0 Å². The van der Waals surface area contributed by atoms with Crippen LogP contribution in [0.5, 0.6) is 0 Å². The van der Waals surface area contributed by atoms with Gasteiger partial charge in [-0.2, -0.15) is 13.2 Å². The second-order valence-corrected chi connectivity index (χ2v) is 6.32. The molecule has 1 aromatic rings. The normalized spacial score (nSPS) is 19.3. The first-order valence-electron chi connectivity index (χ1n) is 6.62. The van der Waals surface area contributed by atoms with Crippen molar-refractivity contribution in [3.63, 3.8) is 0 Å². The van der Waals surface area contributed by atoms with E-state index >= 15 is 0 Å². The summed E-state index contributed by atoms with van der Waals surface area (Å²) in [6.45, 7) is 0.548. The Morgan fingerprint density at radius 2 is 2.05 bits per heavy atom. The molecule has 1 aromatic heterocycles. The van der Waals surface area contributed by atoms with Gasteiger partial charge >= 0.3 is 6.18 Å². The van der Waals surface area contributed by atoms with Crippen molar-refractivity contribution in [3.8, 4) is 0 Å². The summed E-state index contributed by atoms with van der Waals surface area (Å²) in [6.07, 6.45) is -1.14. The number of rotatable bonds is 3. The van der Waals surface area contributed by atoms with Crippen LogP contribution >= 0.6 is 15.9 Å². The Morgan fingerprint density at radius 1 is 1.38 bits per heavy atom. The maximum atomic E-state index is 13.0. The van der Waals surface area contributed by atoms with Gasteiger partial charge in [-0.3, -0.25) is 4.79 Å². The molecule has 0 unspecified atom stereocenters. The van der Waals surface area contributed by atoms with Gasteiger partial charge in [0, 0.05) is 29.8 Å². The van der Waals surface area contributed by atoms with Crippen LogP contribution in [0.4, 0.5) is 19.0 Å². The Bertz CT molecular complexity index is 568. The van der Waals surface area contributed by atoms with Gasteiger partial charge in [0.2, 0.25) is 5.91 Å². The molecule has 0 spiro atoms. The maximum absolute atomic E-state index is 13.0. The molecular formula is C13H13BrF3N3O. The van der Waals surface area contributed by atoms with Gasteiger partial charge in [-0.25, -0.2) is 4.98 Å². The van der Waals surface area contributed by atoms with Crippen molar-refractivity contribution in [1.82, 2.24) is 10.3 Å². The lowest BCUT2D eigenvalue weighted by Crippen LogP contribution is -2.54. The standard InChI is InChI=1S/C13H13BrF3N3O/c14-8-3-10(13(15,16)17)11(18-4-8)20-5-7(6-20)12(21)19-9-1-2-9/h3-4,7,9H,1-2,5-6H2,(H,19,21). The second-order valence-electron chi connectivity index (χ2n) is 5.41. The van der Waals surface area contributed by atoms with E-state index in [4.69, 9.17) is 0 Å². The van der Waals surface area contributed by atoms with E-state index in [1.807, 2.05) is 0 Å². The minimum Gasteiger partial charge on any atom is -0.354 e. The Balaban J connectivity index is 1.70. The van der Waals surface area contributed by atoms with E-state index in [9.17, 15) is 18.0 Å². The molecule has 1 saturated carbocycles. The number of hydrogen-bond acceptors (Lipinski definition) is 3. The average molecular weight is 364 g/mol. The van der Waals surface area contributed by atoms with Crippen LogP contribution in [0, 0.1) is 5.92 Å². The largest absolute Gasteiger partial charge is 0.419 e. The molecule has 1 amide bonds. The fourth-order valence-electron chi connectivity index (χ4n) is 2.26. The highest BCUT2D eigenvalue weighted by atomic mass is 79.9. The zero-order valence-electron chi connectivity index (χ0n) is 11.0. The molecule has 2 heterocycles. The van der Waals surface area contributed by atoms with Gasteiger partial charge in [0.1, 0.15) is 5.82 Å². The molecule has 3 rings (SSSR count). The molecule has 1 N–H and O–H groups in total. The Morgan fingerprint density at radius 3 is 2.62 bits per heavy atom. The molecule has 0 aromatic carbocycles. The summed E-state index contributed by atoms with van der Waals surface area (Å²) in [4.78, 5) is 17.2. The van der Waals surface area contributed by atoms with E-state index in [2.05, 4.69) is 26.2 Å². The van der Waals surface area contributed by atoms with Gasteiger partial charge in [-0.05, 0) is 34.8 Å². The van der Waals surface area contributed by atoms with Crippen LogP contribution in [0.25, 0.3) is 0 Å². The fraction of sp³-hybridized carbons (Fsp3) is 0.538. The number of carbonyl (C=O) groups is 1. The smallest absolute Gasteiger partial charge is 0.354 e. The van der Waals surface area contributed by atoms with Crippen LogP contribution in [0.15, 0.2) is 16.7 Å². The number of pyridine rings is 1. The van der Waals surface area contributed by atoms with Crippen molar-refractivity contribution in [2.75, 3.05) is 18.0 Å². The zero-order chi connectivity index (χ0) is 15.2. The van der Waals surface area contributed by atoms with E-state index in [1.54, 1.807) is 0 Å². The van der Waals surface area contributed by atoms with E-state index in [-0.39, 0.29) is 41.2 Å². The minimum atomic E-state index is -4.46. The van der Waals surface area contributed by atoms with Crippen molar-refractivity contribution in [1.29, 1.82) is 0 Å². The molecule has 1 aliphatic carbocycles. The molecule has 4 nitrogen and oxygen atoms in total. The number of aromatic nitrogens is 1. The van der Waals surface area contributed by atoms with E-state index in [0.29, 0.717) is 0 Å². The van der Waals surface area contributed by atoms with Crippen molar-refractivity contribution < 1.29 is 18.0 Å². The Hall–Kier alpha value is -1.31. The first kappa shape index (κ1) is 14.6. The predicted octanol–water partition coefficient (Wildman–Crippen LogP) is 2.58. The van der Waals surface area contributed by atoms with Crippen LogP contribution in [0.1, 0.15) is 18.4 Å². The van der Waals surface area contributed by atoms with Crippen LogP contribution in [-0.4, -0.2) is 30.0 Å². The summed E-state index contributed by atoms with van der Waals surface area (Å²) in [7, 11) is 0. The van der Waals surface area contributed by atoms with Gasteiger partial charge in [0.05, 0.1) is 11.5 Å². The lowest BCUT2D eigenvalue weighted by molar-refractivity contribution is -0.137. The lowest BCUT2D eigenvalue weighted by Gasteiger charge is -2.40. The van der Waals surface area contributed by atoms with Crippen molar-refractivity contribution in [2.24, 2.45) is 5.92 Å². The zero-order valence-corrected chi connectivity index (χ0v) is 12.5. The topological polar surface area (TPSA) is 45.2 Å². The number of hydrogen-bond donors (Lipinski definition) is 1. The first-order chi connectivity index (χ1) is 9.84. The number of nitrogens with one attached hydrogen (secondary N) is 1. The molecule has 0 atom stereocenters. The van der Waals surface area contributed by atoms with Crippen LogP contribution in [-0.2, 0) is 11.0 Å².